The molecule has 0 aliphatic rings. The molecule has 0 bridgehead atoms. The molecule has 1 rings (SSSR count). The summed E-state index contributed by atoms with van der Waals surface area (Å²) in [5.74, 6) is -2.09. The third-order valence-corrected chi connectivity index (χ3v) is 2.25. The fourth-order valence-corrected chi connectivity index (χ4v) is 1.19. The van der Waals surface area contributed by atoms with Gasteiger partial charge in [-0.25, -0.2) is 9.18 Å². The second-order valence-electron chi connectivity index (χ2n) is 2.16. The number of anilines is 1. The molecule has 0 radical (unpaired) electrons. The number of halogens is 2. The highest BCUT2D eigenvalue weighted by Crippen LogP contribution is 2.19. The van der Waals surface area contributed by atoms with Crippen LogP contribution in [-0.2, 0) is 0 Å². The Balaban J connectivity index is 3.33. The van der Waals surface area contributed by atoms with Gasteiger partial charge in [0.1, 0.15) is 5.82 Å². The first kappa shape index (κ1) is 9.24. The number of nitrogen functional groups attached to an aromatic ring is 1. The van der Waals surface area contributed by atoms with Crippen LogP contribution in [0.2, 0.25) is 0 Å². The summed E-state index contributed by atoms with van der Waals surface area (Å²) >= 11 is 1.84. The predicted molar refractivity (Wildman–Crippen MR) is 50.5 cm³/mol. The number of carboxylic acid groups (broad SMARTS) is 1. The molecule has 5 heteroatoms. The maximum Gasteiger partial charge on any atom is 0.338 e. The van der Waals surface area contributed by atoms with Gasteiger partial charge in [0.05, 0.1) is 5.56 Å². The van der Waals surface area contributed by atoms with Crippen LogP contribution in [0, 0.1) is 9.39 Å². The maximum absolute atomic E-state index is 12.8. The Morgan fingerprint density at radius 3 is 2.67 bits per heavy atom. The van der Waals surface area contributed by atoms with E-state index in [4.69, 9.17) is 10.8 Å². The van der Waals surface area contributed by atoms with Gasteiger partial charge in [0.25, 0.3) is 0 Å². The minimum atomic E-state index is -1.29. The van der Waals surface area contributed by atoms with Gasteiger partial charge in [-0.3, -0.25) is 0 Å². The molecule has 0 aliphatic heterocycles. The van der Waals surface area contributed by atoms with Crippen molar-refractivity contribution in [3.05, 3.63) is 27.1 Å². The van der Waals surface area contributed by atoms with E-state index in [0.29, 0.717) is 3.57 Å². The van der Waals surface area contributed by atoms with E-state index in [0.717, 1.165) is 6.07 Å². The third-order valence-electron chi connectivity index (χ3n) is 1.32. The molecule has 64 valence electrons. The lowest BCUT2D eigenvalue weighted by Crippen LogP contribution is -2.03. The summed E-state index contributed by atoms with van der Waals surface area (Å²) < 4.78 is 13.4. The zero-order valence-electron chi connectivity index (χ0n) is 5.84. The van der Waals surface area contributed by atoms with Crippen molar-refractivity contribution < 1.29 is 14.3 Å². The summed E-state index contributed by atoms with van der Waals surface area (Å²) in [6.07, 6.45) is 0. The number of aromatic carboxylic acids is 1. The van der Waals surface area contributed by atoms with E-state index in [9.17, 15) is 9.18 Å². The molecular weight excluding hydrogens is 276 g/mol. The van der Waals surface area contributed by atoms with Gasteiger partial charge in [-0.15, -0.1) is 0 Å². The van der Waals surface area contributed by atoms with Crippen LogP contribution < -0.4 is 5.73 Å². The minimum absolute atomic E-state index is 0.248. The number of carbonyl (C=O) groups is 1. The SMILES string of the molecule is Nc1cc(F)c(C(=O)O)cc1I. The lowest BCUT2D eigenvalue weighted by Gasteiger charge is -2.01. The normalized spacial score (nSPS) is 9.83. The van der Waals surface area contributed by atoms with Crippen molar-refractivity contribution in [3.63, 3.8) is 0 Å². The van der Waals surface area contributed by atoms with Gasteiger partial charge in [0, 0.05) is 9.26 Å². The number of rotatable bonds is 1. The number of benzene rings is 1. The number of nitrogens with two attached hydrogens (primary N) is 1. The summed E-state index contributed by atoms with van der Waals surface area (Å²) in [6.45, 7) is 0. The van der Waals surface area contributed by atoms with Gasteiger partial charge in [0.2, 0.25) is 0 Å². The van der Waals surface area contributed by atoms with Crippen molar-refractivity contribution >= 4 is 34.2 Å². The summed E-state index contributed by atoms with van der Waals surface area (Å²) in [5, 5.41) is 8.50. The monoisotopic (exact) mass is 281 g/mol. The molecule has 0 aromatic heterocycles. The molecule has 3 N–H and O–H groups in total. The van der Waals surface area contributed by atoms with E-state index in [1.54, 1.807) is 0 Å². The van der Waals surface area contributed by atoms with Crippen molar-refractivity contribution in [1.82, 2.24) is 0 Å². The molecule has 0 aliphatic carbocycles. The topological polar surface area (TPSA) is 63.3 Å². The Morgan fingerprint density at radius 1 is 1.58 bits per heavy atom. The van der Waals surface area contributed by atoms with Crippen molar-refractivity contribution in [2.24, 2.45) is 0 Å². The zero-order chi connectivity index (χ0) is 9.30. The molecule has 0 unspecified atom stereocenters. The van der Waals surface area contributed by atoms with Gasteiger partial charge >= 0.3 is 5.97 Å². The average Bonchev–Trinajstić information content (AvgIpc) is 1.96. The predicted octanol–water partition coefficient (Wildman–Crippen LogP) is 1.71. The Morgan fingerprint density at radius 2 is 2.17 bits per heavy atom. The van der Waals surface area contributed by atoms with Crippen LogP contribution in [0.5, 0.6) is 0 Å². The molecule has 0 atom stereocenters. The minimum Gasteiger partial charge on any atom is -0.478 e. The Hall–Kier alpha value is -0.850. The van der Waals surface area contributed by atoms with Gasteiger partial charge in [-0.05, 0) is 34.7 Å². The van der Waals surface area contributed by atoms with Crippen molar-refractivity contribution in [3.8, 4) is 0 Å². The smallest absolute Gasteiger partial charge is 0.338 e. The number of carboxylic acids is 1. The van der Waals surface area contributed by atoms with Crippen molar-refractivity contribution in [2.45, 2.75) is 0 Å². The van der Waals surface area contributed by atoms with Crippen LogP contribution in [-0.4, -0.2) is 11.1 Å². The van der Waals surface area contributed by atoms with Crippen molar-refractivity contribution in [1.29, 1.82) is 0 Å². The van der Waals surface area contributed by atoms with E-state index in [-0.39, 0.29) is 11.3 Å². The second-order valence-corrected chi connectivity index (χ2v) is 3.32. The molecule has 3 nitrogen and oxygen atoms in total. The summed E-state index contributed by atoms with van der Waals surface area (Å²) in [4.78, 5) is 10.4. The highest BCUT2D eigenvalue weighted by atomic mass is 127. The average molecular weight is 281 g/mol. The molecule has 0 amide bonds. The molecule has 1 aromatic rings. The first-order valence-electron chi connectivity index (χ1n) is 3.00. The Bertz CT molecular complexity index is 340. The van der Waals surface area contributed by atoms with Gasteiger partial charge < -0.3 is 10.8 Å². The quantitative estimate of drug-likeness (QED) is 0.608. The lowest BCUT2D eigenvalue weighted by atomic mass is 10.2. The molecule has 12 heavy (non-hydrogen) atoms. The second kappa shape index (κ2) is 3.26. The molecule has 0 saturated heterocycles. The summed E-state index contributed by atoms with van der Waals surface area (Å²) in [5.41, 5.74) is 5.24. The number of hydrogen-bond donors (Lipinski definition) is 2. The Kier molecular flexibility index (Phi) is 2.51. The first-order valence-corrected chi connectivity index (χ1v) is 4.08. The molecule has 0 spiro atoms. The van der Waals surface area contributed by atoms with Gasteiger partial charge in [-0.2, -0.15) is 0 Å². The zero-order valence-corrected chi connectivity index (χ0v) is 8.00. The Labute approximate surface area is 81.5 Å². The lowest BCUT2D eigenvalue weighted by molar-refractivity contribution is 0.0692. The summed E-state index contributed by atoms with van der Waals surface area (Å²) in [7, 11) is 0. The van der Waals surface area contributed by atoms with Crippen LogP contribution in [0.3, 0.4) is 0 Å². The number of hydrogen-bond acceptors (Lipinski definition) is 2. The van der Waals surface area contributed by atoms with Crippen molar-refractivity contribution in [2.75, 3.05) is 5.73 Å². The van der Waals surface area contributed by atoms with E-state index in [1.807, 2.05) is 22.6 Å². The summed E-state index contributed by atoms with van der Waals surface area (Å²) in [6, 6.07) is 2.21. The van der Waals surface area contributed by atoms with E-state index in [1.165, 1.54) is 6.07 Å². The van der Waals surface area contributed by atoms with E-state index < -0.39 is 11.8 Å². The molecule has 0 heterocycles. The third kappa shape index (κ3) is 1.66. The standard InChI is InChI=1S/C7H5FINO2/c8-4-2-6(10)5(9)1-3(4)7(11)12/h1-2H,10H2,(H,11,12). The highest BCUT2D eigenvalue weighted by molar-refractivity contribution is 14.1. The van der Waals surface area contributed by atoms with E-state index >= 15 is 0 Å². The highest BCUT2D eigenvalue weighted by Gasteiger charge is 2.11. The van der Waals surface area contributed by atoms with Crippen LogP contribution in [0.4, 0.5) is 10.1 Å². The van der Waals surface area contributed by atoms with Gasteiger partial charge in [0.15, 0.2) is 0 Å². The largest absolute Gasteiger partial charge is 0.478 e. The van der Waals surface area contributed by atoms with Crippen LogP contribution in [0.25, 0.3) is 0 Å². The van der Waals surface area contributed by atoms with E-state index in [2.05, 4.69) is 0 Å². The maximum atomic E-state index is 12.8. The van der Waals surface area contributed by atoms with Gasteiger partial charge in [-0.1, -0.05) is 0 Å². The molecular formula is C7H5FINO2. The molecule has 0 fully saturated rings. The molecule has 0 saturated carbocycles. The molecule has 1 aromatic carbocycles. The fourth-order valence-electron chi connectivity index (χ4n) is 0.726. The van der Waals surface area contributed by atoms with Crippen LogP contribution in [0.1, 0.15) is 10.4 Å². The fraction of sp³-hybridized carbons (Fsp3) is 0. The first-order chi connectivity index (χ1) is 5.52. The van der Waals surface area contributed by atoms with Crippen LogP contribution in [0.15, 0.2) is 12.1 Å². The van der Waals surface area contributed by atoms with Crippen LogP contribution >= 0.6 is 22.6 Å².